The van der Waals surface area contributed by atoms with Gasteiger partial charge in [-0.25, -0.2) is 8.42 Å². The maximum Gasteiger partial charge on any atom is 0.152 e. The highest BCUT2D eigenvalue weighted by molar-refractivity contribution is 7.91. The van der Waals surface area contributed by atoms with Gasteiger partial charge in [-0.15, -0.1) is 0 Å². The fourth-order valence-corrected chi connectivity index (χ4v) is 5.24. The highest BCUT2D eigenvalue weighted by atomic mass is 32.2. The summed E-state index contributed by atoms with van der Waals surface area (Å²) in [7, 11) is -2.90. The summed E-state index contributed by atoms with van der Waals surface area (Å²) in [6, 6.07) is 8.56. The molecule has 0 spiro atoms. The van der Waals surface area contributed by atoms with E-state index in [0.29, 0.717) is 11.7 Å². The summed E-state index contributed by atoms with van der Waals surface area (Å²) >= 11 is 0. The molecule has 0 heterocycles. The molecule has 1 aromatic carbocycles. The Kier molecular flexibility index (Phi) is 6.65. The van der Waals surface area contributed by atoms with Gasteiger partial charge in [0, 0.05) is 0 Å². The molecule has 2 fully saturated rings. The minimum absolute atomic E-state index is 0.241. The van der Waals surface area contributed by atoms with Crippen molar-refractivity contribution in [3.05, 3.63) is 29.8 Å². The number of ether oxygens (including phenoxy) is 1. The quantitative estimate of drug-likeness (QED) is 0.605. The van der Waals surface area contributed by atoms with Crippen molar-refractivity contribution in [3.63, 3.8) is 0 Å². The molecule has 0 aromatic heterocycles. The minimum Gasteiger partial charge on any atom is -0.493 e. The molecule has 4 heteroatoms. The normalized spacial score (nSPS) is 24.0. The van der Waals surface area contributed by atoms with Gasteiger partial charge in [0.2, 0.25) is 0 Å². The first kappa shape index (κ1) is 19.7. The Hall–Kier alpha value is -1.03. The van der Waals surface area contributed by atoms with E-state index in [1.54, 1.807) is 13.8 Å². The molecule has 3 rings (SSSR count). The first-order valence-corrected chi connectivity index (χ1v) is 12.1. The lowest BCUT2D eigenvalue weighted by Gasteiger charge is -2.28. The third-order valence-electron chi connectivity index (χ3n) is 6.07. The van der Waals surface area contributed by atoms with Crippen LogP contribution < -0.4 is 4.74 Å². The lowest BCUT2D eigenvalue weighted by atomic mass is 9.80. The average Bonchev–Trinajstić information content (AvgIpc) is 3.44. The average molecular weight is 379 g/mol. The summed E-state index contributed by atoms with van der Waals surface area (Å²) in [5.74, 6) is 3.30. The van der Waals surface area contributed by atoms with Crippen LogP contribution in [0.5, 0.6) is 5.75 Å². The molecule has 0 aliphatic heterocycles. The molecule has 3 nitrogen and oxygen atoms in total. The second kappa shape index (κ2) is 8.77. The molecule has 2 aliphatic rings. The summed E-state index contributed by atoms with van der Waals surface area (Å²) < 4.78 is 30.1. The van der Waals surface area contributed by atoms with E-state index in [0.717, 1.165) is 43.5 Å². The van der Waals surface area contributed by atoms with Crippen molar-refractivity contribution in [2.75, 3.05) is 12.4 Å². The van der Waals surface area contributed by atoms with Crippen molar-refractivity contribution in [2.24, 2.45) is 17.8 Å². The van der Waals surface area contributed by atoms with E-state index in [9.17, 15) is 8.42 Å². The maximum atomic E-state index is 12.1. The Bertz CT molecular complexity index is 668. The first-order valence-electron chi connectivity index (χ1n) is 10.4. The molecule has 146 valence electrons. The topological polar surface area (TPSA) is 43.4 Å². The minimum atomic E-state index is -2.90. The molecule has 26 heavy (non-hydrogen) atoms. The van der Waals surface area contributed by atoms with Gasteiger partial charge in [-0.2, -0.15) is 0 Å². The van der Waals surface area contributed by atoms with Gasteiger partial charge >= 0.3 is 0 Å². The van der Waals surface area contributed by atoms with Crippen LogP contribution in [0, 0.1) is 17.8 Å². The van der Waals surface area contributed by atoms with Gasteiger partial charge in [0.1, 0.15) is 5.75 Å². The van der Waals surface area contributed by atoms with E-state index >= 15 is 0 Å². The van der Waals surface area contributed by atoms with Gasteiger partial charge in [-0.05, 0) is 87.8 Å². The largest absolute Gasteiger partial charge is 0.493 e. The zero-order valence-electron chi connectivity index (χ0n) is 16.3. The fourth-order valence-electron chi connectivity index (χ4n) is 3.87. The summed E-state index contributed by atoms with van der Waals surface area (Å²) in [6.07, 6.45) is 9.44. The van der Waals surface area contributed by atoms with Gasteiger partial charge in [0.25, 0.3) is 0 Å². The molecular weight excluding hydrogens is 344 g/mol. The van der Waals surface area contributed by atoms with Crippen LogP contribution in [0.2, 0.25) is 0 Å². The Morgan fingerprint density at radius 2 is 1.65 bits per heavy atom. The van der Waals surface area contributed by atoms with Crippen molar-refractivity contribution < 1.29 is 13.2 Å². The molecule has 0 saturated heterocycles. The Balaban J connectivity index is 1.40. The molecule has 0 N–H and O–H groups in total. The van der Waals surface area contributed by atoms with E-state index in [2.05, 4.69) is 24.3 Å². The predicted octanol–water partition coefficient (Wildman–Crippen LogP) is 5.04. The number of benzene rings is 1. The van der Waals surface area contributed by atoms with Gasteiger partial charge in [0.15, 0.2) is 9.84 Å². The summed E-state index contributed by atoms with van der Waals surface area (Å²) in [6.45, 7) is 4.46. The standard InChI is InChI=1S/C22H34O3S/c1-17(2)26(23,24)16-21-12-7-18(8-13-21)6-9-19-4-3-5-22(14-19)25-15-20-10-11-20/h3-5,14,17-18,20-21H,6-13,15-16H2,1-2H3. The lowest BCUT2D eigenvalue weighted by Crippen LogP contribution is -2.26. The van der Waals surface area contributed by atoms with Crippen LogP contribution in [0.1, 0.15) is 64.4 Å². The van der Waals surface area contributed by atoms with Crippen molar-refractivity contribution in [3.8, 4) is 5.75 Å². The van der Waals surface area contributed by atoms with Crippen molar-refractivity contribution in [1.29, 1.82) is 0 Å². The van der Waals surface area contributed by atoms with Crippen LogP contribution in [0.4, 0.5) is 0 Å². The van der Waals surface area contributed by atoms with Gasteiger partial charge in [-0.3, -0.25) is 0 Å². The number of rotatable bonds is 9. The van der Waals surface area contributed by atoms with Crippen LogP contribution in [0.15, 0.2) is 24.3 Å². The maximum absolute atomic E-state index is 12.1. The predicted molar refractivity (Wildman–Crippen MR) is 107 cm³/mol. The van der Waals surface area contributed by atoms with Crippen molar-refractivity contribution >= 4 is 9.84 Å². The highest BCUT2D eigenvalue weighted by Crippen LogP contribution is 2.33. The van der Waals surface area contributed by atoms with Crippen molar-refractivity contribution in [1.82, 2.24) is 0 Å². The van der Waals surface area contributed by atoms with Crippen LogP contribution >= 0.6 is 0 Å². The molecule has 2 saturated carbocycles. The molecule has 0 bridgehead atoms. The summed E-state index contributed by atoms with van der Waals surface area (Å²) in [5.41, 5.74) is 1.36. The van der Waals surface area contributed by atoms with Crippen LogP contribution in [0.25, 0.3) is 0 Å². The fraction of sp³-hybridized carbons (Fsp3) is 0.727. The summed E-state index contributed by atoms with van der Waals surface area (Å²) in [5, 5.41) is -0.241. The molecule has 2 aliphatic carbocycles. The zero-order chi connectivity index (χ0) is 18.6. The van der Waals surface area contributed by atoms with Crippen molar-refractivity contribution in [2.45, 2.75) is 70.5 Å². The first-order chi connectivity index (χ1) is 12.4. The van der Waals surface area contributed by atoms with Crippen LogP contribution in [0.3, 0.4) is 0 Å². The number of hydrogen-bond acceptors (Lipinski definition) is 3. The molecular formula is C22H34O3S. The Morgan fingerprint density at radius 1 is 1.00 bits per heavy atom. The van der Waals surface area contributed by atoms with Gasteiger partial charge < -0.3 is 4.74 Å². The smallest absolute Gasteiger partial charge is 0.152 e. The van der Waals surface area contributed by atoms with Gasteiger partial charge in [-0.1, -0.05) is 25.0 Å². The van der Waals surface area contributed by atoms with Gasteiger partial charge in [0.05, 0.1) is 17.6 Å². The molecule has 0 amide bonds. The second-order valence-electron chi connectivity index (χ2n) is 8.71. The highest BCUT2D eigenvalue weighted by Gasteiger charge is 2.27. The third kappa shape index (κ3) is 6.00. The van der Waals surface area contributed by atoms with Crippen LogP contribution in [-0.4, -0.2) is 26.0 Å². The van der Waals surface area contributed by atoms with E-state index < -0.39 is 9.84 Å². The molecule has 0 unspecified atom stereocenters. The number of aryl methyl sites for hydroxylation is 1. The van der Waals surface area contributed by atoms with E-state index in [1.165, 1.54) is 37.7 Å². The molecule has 0 radical (unpaired) electrons. The Morgan fingerprint density at radius 3 is 2.31 bits per heavy atom. The zero-order valence-corrected chi connectivity index (χ0v) is 17.1. The third-order valence-corrected chi connectivity index (χ3v) is 8.45. The van der Waals surface area contributed by atoms with E-state index in [1.807, 2.05) is 0 Å². The molecule has 1 aromatic rings. The van der Waals surface area contributed by atoms with Crippen LogP contribution in [-0.2, 0) is 16.3 Å². The lowest BCUT2D eigenvalue weighted by molar-refractivity contribution is 0.278. The molecule has 0 atom stereocenters. The number of sulfone groups is 1. The summed E-state index contributed by atoms with van der Waals surface area (Å²) in [4.78, 5) is 0. The SMILES string of the molecule is CC(C)S(=O)(=O)CC1CCC(CCc2cccc(OCC3CC3)c2)CC1. The van der Waals surface area contributed by atoms with E-state index in [4.69, 9.17) is 4.74 Å². The monoisotopic (exact) mass is 378 g/mol. The number of hydrogen-bond donors (Lipinski definition) is 0. The second-order valence-corrected chi connectivity index (χ2v) is 11.3. The Labute approximate surface area is 159 Å². The van der Waals surface area contributed by atoms with E-state index in [-0.39, 0.29) is 5.25 Å².